The molecule has 0 bridgehead atoms. The number of carbonyl (C=O) groups is 1. The lowest BCUT2D eigenvalue weighted by molar-refractivity contribution is 0.205. The number of halogens is 1. The van der Waals surface area contributed by atoms with Gasteiger partial charge in [0.1, 0.15) is 5.82 Å². The van der Waals surface area contributed by atoms with E-state index in [0.29, 0.717) is 11.7 Å². The van der Waals surface area contributed by atoms with E-state index in [4.69, 9.17) is 0 Å². The van der Waals surface area contributed by atoms with E-state index < -0.39 is 0 Å². The number of amides is 2. The molecule has 1 aromatic carbocycles. The second kappa shape index (κ2) is 7.98. The number of hydrogen-bond donors (Lipinski definition) is 2. The molecule has 1 aliphatic rings. The van der Waals surface area contributed by atoms with Gasteiger partial charge in [-0.3, -0.25) is 0 Å². The molecular weight excluding hydrogens is 269 g/mol. The summed E-state index contributed by atoms with van der Waals surface area (Å²) in [5.41, 5.74) is 0.627. The molecule has 116 valence electrons. The molecule has 2 rings (SSSR count). The first-order chi connectivity index (χ1) is 10.2. The third-order valence-electron chi connectivity index (χ3n) is 3.77. The molecule has 21 heavy (non-hydrogen) atoms. The lowest BCUT2D eigenvalue weighted by Gasteiger charge is -2.26. The summed E-state index contributed by atoms with van der Waals surface area (Å²) in [6.45, 7) is 4.63. The summed E-state index contributed by atoms with van der Waals surface area (Å²) in [5.74, 6) is -0.300. The van der Waals surface area contributed by atoms with Gasteiger partial charge >= 0.3 is 6.03 Å². The number of unbranched alkanes of at least 4 members (excludes halogenated alkanes) is 1. The van der Waals surface area contributed by atoms with Crippen LogP contribution >= 0.6 is 0 Å². The fourth-order valence-electron chi connectivity index (χ4n) is 2.54. The van der Waals surface area contributed by atoms with Crippen LogP contribution in [0.1, 0.15) is 32.6 Å². The van der Waals surface area contributed by atoms with Crippen molar-refractivity contribution in [3.63, 3.8) is 0 Å². The van der Waals surface area contributed by atoms with Crippen molar-refractivity contribution in [3.8, 4) is 0 Å². The number of hydrogen-bond acceptors (Lipinski definition) is 2. The van der Waals surface area contributed by atoms with Crippen LogP contribution in [-0.2, 0) is 0 Å². The van der Waals surface area contributed by atoms with E-state index in [-0.39, 0.29) is 11.8 Å². The van der Waals surface area contributed by atoms with E-state index in [1.54, 1.807) is 12.1 Å². The topological polar surface area (TPSA) is 44.4 Å². The van der Waals surface area contributed by atoms with E-state index in [0.717, 1.165) is 38.9 Å². The maximum atomic E-state index is 12.9. The van der Waals surface area contributed by atoms with Gasteiger partial charge in [-0.05, 0) is 50.1 Å². The van der Waals surface area contributed by atoms with Gasteiger partial charge in [0.25, 0.3) is 0 Å². The number of benzene rings is 1. The van der Waals surface area contributed by atoms with Gasteiger partial charge in [0, 0.05) is 24.8 Å². The zero-order chi connectivity index (χ0) is 15.1. The second-order valence-electron chi connectivity index (χ2n) is 5.53. The average molecular weight is 293 g/mol. The van der Waals surface area contributed by atoms with Crippen LogP contribution in [0.2, 0.25) is 0 Å². The molecule has 2 amide bonds. The molecule has 0 aromatic heterocycles. The van der Waals surface area contributed by atoms with Gasteiger partial charge in [0.2, 0.25) is 0 Å². The van der Waals surface area contributed by atoms with Crippen molar-refractivity contribution < 1.29 is 9.18 Å². The lowest BCUT2D eigenvalue weighted by atomic mass is 10.2. The van der Waals surface area contributed by atoms with Gasteiger partial charge in [0.15, 0.2) is 0 Å². The summed E-state index contributed by atoms with van der Waals surface area (Å²) in [7, 11) is 0. The Kier molecular flexibility index (Phi) is 5.99. The highest BCUT2D eigenvalue weighted by Gasteiger charge is 2.21. The Morgan fingerprint density at radius 3 is 2.81 bits per heavy atom. The molecule has 1 aromatic rings. The normalized spacial score (nSPS) is 17.7. The first-order valence-electron chi connectivity index (χ1n) is 7.74. The van der Waals surface area contributed by atoms with Gasteiger partial charge in [-0.15, -0.1) is 0 Å². The monoisotopic (exact) mass is 293 g/mol. The zero-order valence-corrected chi connectivity index (χ0v) is 12.6. The SMILES string of the molecule is CCCCN(CC1CCCN1)C(=O)Nc1ccc(F)cc1. The van der Waals surface area contributed by atoms with E-state index in [9.17, 15) is 9.18 Å². The number of carbonyl (C=O) groups excluding carboxylic acids is 1. The third-order valence-corrected chi connectivity index (χ3v) is 3.77. The molecule has 5 heteroatoms. The highest BCUT2D eigenvalue weighted by Crippen LogP contribution is 2.12. The molecular formula is C16H24FN3O. The van der Waals surface area contributed by atoms with Gasteiger partial charge in [0.05, 0.1) is 0 Å². The maximum Gasteiger partial charge on any atom is 0.321 e. The Balaban J connectivity index is 1.93. The molecule has 1 saturated heterocycles. The molecule has 1 unspecified atom stereocenters. The van der Waals surface area contributed by atoms with Crippen LogP contribution in [-0.4, -0.2) is 36.6 Å². The fourth-order valence-corrected chi connectivity index (χ4v) is 2.54. The van der Waals surface area contributed by atoms with Crippen molar-refractivity contribution >= 4 is 11.7 Å². The van der Waals surface area contributed by atoms with Crippen molar-refractivity contribution in [2.24, 2.45) is 0 Å². The lowest BCUT2D eigenvalue weighted by Crippen LogP contribution is -2.43. The quantitative estimate of drug-likeness (QED) is 0.846. The summed E-state index contributed by atoms with van der Waals surface area (Å²) >= 11 is 0. The van der Waals surface area contributed by atoms with Crippen LogP contribution in [0, 0.1) is 5.82 Å². The van der Waals surface area contributed by atoms with Crippen LogP contribution in [0.3, 0.4) is 0 Å². The summed E-state index contributed by atoms with van der Waals surface area (Å²) < 4.78 is 12.9. The van der Waals surface area contributed by atoms with Crippen molar-refractivity contribution in [2.75, 3.05) is 25.0 Å². The fraction of sp³-hybridized carbons (Fsp3) is 0.562. The minimum absolute atomic E-state index is 0.108. The van der Waals surface area contributed by atoms with Crippen LogP contribution < -0.4 is 10.6 Å². The number of rotatable bonds is 6. The summed E-state index contributed by atoms with van der Waals surface area (Å²) in [6, 6.07) is 6.15. The number of urea groups is 1. The van der Waals surface area contributed by atoms with Gasteiger partial charge in [-0.25, -0.2) is 9.18 Å². The van der Waals surface area contributed by atoms with Crippen LogP contribution in [0.4, 0.5) is 14.9 Å². The van der Waals surface area contributed by atoms with Crippen LogP contribution in [0.5, 0.6) is 0 Å². The van der Waals surface area contributed by atoms with Crippen molar-refractivity contribution in [3.05, 3.63) is 30.1 Å². The second-order valence-corrected chi connectivity index (χ2v) is 5.53. The van der Waals surface area contributed by atoms with Crippen LogP contribution in [0.15, 0.2) is 24.3 Å². The predicted octanol–water partition coefficient (Wildman–Crippen LogP) is 3.21. The standard InChI is InChI=1S/C16H24FN3O/c1-2-3-11-20(12-15-5-4-10-18-15)16(21)19-14-8-6-13(17)7-9-14/h6-9,15,18H,2-5,10-12H2,1H3,(H,19,21). The Hall–Kier alpha value is -1.62. The molecule has 0 radical (unpaired) electrons. The highest BCUT2D eigenvalue weighted by molar-refractivity contribution is 5.89. The maximum absolute atomic E-state index is 12.9. The average Bonchev–Trinajstić information content (AvgIpc) is 2.98. The van der Waals surface area contributed by atoms with Gasteiger partial charge < -0.3 is 15.5 Å². The van der Waals surface area contributed by atoms with Crippen LogP contribution in [0.25, 0.3) is 0 Å². The Labute approximate surface area is 125 Å². The van der Waals surface area contributed by atoms with E-state index >= 15 is 0 Å². The number of nitrogens with one attached hydrogen (secondary N) is 2. The third kappa shape index (κ3) is 5.01. The molecule has 1 fully saturated rings. The molecule has 4 nitrogen and oxygen atoms in total. The smallest absolute Gasteiger partial charge is 0.321 e. The molecule has 1 aliphatic heterocycles. The summed E-state index contributed by atoms with van der Waals surface area (Å²) in [4.78, 5) is 14.2. The Morgan fingerprint density at radius 2 is 2.19 bits per heavy atom. The minimum Gasteiger partial charge on any atom is -0.323 e. The van der Waals surface area contributed by atoms with Crippen molar-refractivity contribution in [2.45, 2.75) is 38.6 Å². The zero-order valence-electron chi connectivity index (χ0n) is 12.6. The molecule has 0 saturated carbocycles. The first-order valence-corrected chi connectivity index (χ1v) is 7.74. The summed E-state index contributed by atoms with van der Waals surface area (Å²) in [6.07, 6.45) is 4.33. The molecule has 1 atom stereocenters. The molecule has 0 spiro atoms. The first kappa shape index (κ1) is 15.8. The van der Waals surface area contributed by atoms with Gasteiger partial charge in [-0.2, -0.15) is 0 Å². The van der Waals surface area contributed by atoms with E-state index in [1.165, 1.54) is 18.6 Å². The Morgan fingerprint density at radius 1 is 1.43 bits per heavy atom. The van der Waals surface area contributed by atoms with E-state index in [1.807, 2.05) is 4.90 Å². The molecule has 2 N–H and O–H groups in total. The number of anilines is 1. The van der Waals surface area contributed by atoms with Crippen molar-refractivity contribution in [1.82, 2.24) is 10.2 Å². The minimum atomic E-state index is -0.300. The van der Waals surface area contributed by atoms with Gasteiger partial charge in [-0.1, -0.05) is 13.3 Å². The molecule has 1 heterocycles. The van der Waals surface area contributed by atoms with E-state index in [2.05, 4.69) is 17.6 Å². The number of nitrogens with zero attached hydrogens (tertiary/aromatic N) is 1. The Bertz CT molecular complexity index is 443. The van der Waals surface area contributed by atoms with Crippen molar-refractivity contribution in [1.29, 1.82) is 0 Å². The predicted molar refractivity (Wildman–Crippen MR) is 82.9 cm³/mol. The highest BCUT2D eigenvalue weighted by atomic mass is 19.1. The largest absolute Gasteiger partial charge is 0.323 e. The molecule has 0 aliphatic carbocycles. The summed E-state index contributed by atoms with van der Waals surface area (Å²) in [5, 5.41) is 6.26.